The second-order valence-electron chi connectivity index (χ2n) is 5.58. The minimum absolute atomic E-state index is 0.135. The summed E-state index contributed by atoms with van der Waals surface area (Å²) in [5.41, 5.74) is -0.135. The van der Waals surface area contributed by atoms with Gasteiger partial charge in [0.25, 0.3) is 0 Å². The highest BCUT2D eigenvalue weighted by Gasteiger charge is 2.21. The zero-order valence-corrected chi connectivity index (χ0v) is 12.8. The lowest BCUT2D eigenvalue weighted by molar-refractivity contribution is 0.0628. The quantitative estimate of drug-likeness (QED) is 0.591. The van der Waals surface area contributed by atoms with Crippen LogP contribution >= 0.6 is 0 Å². The maximum Gasteiger partial charge on any atom is 0.0610 e. The number of nitrogens with one attached hydrogen (secondary N) is 1. The Morgan fingerprint density at radius 1 is 1.33 bits per heavy atom. The molecule has 18 heavy (non-hydrogen) atoms. The van der Waals surface area contributed by atoms with Crippen LogP contribution < -0.4 is 5.32 Å². The molecule has 0 aromatic carbocycles. The van der Waals surface area contributed by atoms with Gasteiger partial charge < -0.3 is 20.1 Å². The second-order valence-corrected chi connectivity index (χ2v) is 5.58. The summed E-state index contributed by atoms with van der Waals surface area (Å²) >= 11 is 0. The monoisotopic (exact) mass is 260 g/mol. The maximum absolute atomic E-state index is 9.39. The summed E-state index contributed by atoms with van der Waals surface area (Å²) in [6, 6.07) is 0. The Bertz CT molecular complexity index is 200. The molecule has 0 amide bonds. The molecular weight excluding hydrogens is 228 g/mol. The van der Waals surface area contributed by atoms with Crippen molar-refractivity contribution >= 4 is 0 Å². The summed E-state index contributed by atoms with van der Waals surface area (Å²) in [5.74, 6) is 0. The molecule has 0 aliphatic rings. The third kappa shape index (κ3) is 8.86. The molecule has 4 heteroatoms. The summed E-state index contributed by atoms with van der Waals surface area (Å²) in [6.45, 7) is 12.2. The average Bonchev–Trinajstić information content (AvgIpc) is 2.29. The smallest absolute Gasteiger partial charge is 0.0610 e. The highest BCUT2D eigenvalue weighted by Crippen LogP contribution is 2.11. The van der Waals surface area contributed by atoms with Crippen LogP contribution in [0.25, 0.3) is 0 Å². The van der Waals surface area contributed by atoms with Gasteiger partial charge in [-0.2, -0.15) is 0 Å². The molecule has 0 bridgehead atoms. The van der Waals surface area contributed by atoms with Crippen molar-refractivity contribution in [1.29, 1.82) is 0 Å². The topological polar surface area (TPSA) is 44.7 Å². The minimum Gasteiger partial charge on any atom is -0.394 e. The van der Waals surface area contributed by atoms with Gasteiger partial charge in [-0.3, -0.25) is 0 Å². The molecular formula is C14H32N2O2. The lowest BCUT2D eigenvalue weighted by Gasteiger charge is -2.29. The van der Waals surface area contributed by atoms with Gasteiger partial charge in [0.15, 0.2) is 0 Å². The molecule has 0 fully saturated rings. The van der Waals surface area contributed by atoms with E-state index in [0.717, 1.165) is 39.1 Å². The molecule has 1 unspecified atom stereocenters. The average molecular weight is 260 g/mol. The summed E-state index contributed by atoms with van der Waals surface area (Å²) in [5, 5.41) is 12.7. The SMILES string of the molecule is CCNC(C)(CO)CCCN(C)CCOC(C)C. The van der Waals surface area contributed by atoms with Crippen molar-refractivity contribution in [3.8, 4) is 0 Å². The van der Waals surface area contributed by atoms with Gasteiger partial charge in [-0.15, -0.1) is 0 Å². The number of aliphatic hydroxyl groups is 1. The third-order valence-corrected chi connectivity index (χ3v) is 3.15. The highest BCUT2D eigenvalue weighted by atomic mass is 16.5. The predicted octanol–water partition coefficient (Wildman–Crippen LogP) is 1.48. The van der Waals surface area contributed by atoms with E-state index in [2.05, 4.69) is 45.0 Å². The van der Waals surface area contributed by atoms with E-state index in [1.807, 2.05) is 0 Å². The Morgan fingerprint density at radius 3 is 2.50 bits per heavy atom. The normalized spacial score (nSPS) is 15.3. The molecule has 0 aromatic heterocycles. The van der Waals surface area contributed by atoms with Crippen molar-refractivity contribution in [2.75, 3.05) is 39.9 Å². The summed E-state index contributed by atoms with van der Waals surface area (Å²) in [4.78, 5) is 2.28. The number of aliphatic hydroxyl groups excluding tert-OH is 1. The van der Waals surface area contributed by atoms with E-state index >= 15 is 0 Å². The van der Waals surface area contributed by atoms with E-state index in [1.54, 1.807) is 0 Å². The van der Waals surface area contributed by atoms with Crippen LogP contribution in [0.5, 0.6) is 0 Å². The molecule has 0 saturated carbocycles. The first kappa shape index (κ1) is 17.8. The molecule has 0 spiro atoms. The second kappa shape index (κ2) is 9.73. The van der Waals surface area contributed by atoms with Crippen molar-refractivity contribution in [2.24, 2.45) is 0 Å². The Labute approximate surface area is 113 Å². The van der Waals surface area contributed by atoms with Crippen molar-refractivity contribution < 1.29 is 9.84 Å². The maximum atomic E-state index is 9.39. The van der Waals surface area contributed by atoms with Crippen LogP contribution in [0, 0.1) is 0 Å². The largest absolute Gasteiger partial charge is 0.394 e. The zero-order chi connectivity index (χ0) is 14.0. The van der Waals surface area contributed by atoms with E-state index in [-0.39, 0.29) is 12.1 Å². The standard InChI is InChI=1S/C14H32N2O2/c1-6-15-14(4,12-17)8-7-9-16(5)10-11-18-13(2)3/h13,15,17H,6-12H2,1-5H3. The number of rotatable bonds is 11. The van der Waals surface area contributed by atoms with Gasteiger partial charge in [-0.1, -0.05) is 6.92 Å². The fourth-order valence-corrected chi connectivity index (χ4v) is 1.95. The molecule has 0 aromatic rings. The lowest BCUT2D eigenvalue weighted by atomic mass is 9.96. The number of nitrogens with zero attached hydrogens (tertiary/aromatic N) is 1. The summed E-state index contributed by atoms with van der Waals surface area (Å²) < 4.78 is 5.53. The van der Waals surface area contributed by atoms with Gasteiger partial charge in [0.1, 0.15) is 0 Å². The fraction of sp³-hybridized carbons (Fsp3) is 1.00. The molecule has 0 heterocycles. The van der Waals surface area contributed by atoms with Crippen molar-refractivity contribution in [2.45, 2.75) is 52.2 Å². The van der Waals surface area contributed by atoms with Crippen LogP contribution in [-0.2, 0) is 4.74 Å². The molecule has 1 atom stereocenters. The summed E-state index contributed by atoms with van der Waals surface area (Å²) in [7, 11) is 2.12. The first-order valence-corrected chi connectivity index (χ1v) is 7.09. The summed E-state index contributed by atoms with van der Waals surface area (Å²) in [6.07, 6.45) is 2.39. The number of likely N-dealkylation sites (N-methyl/N-ethyl adjacent to an activating group) is 2. The van der Waals surface area contributed by atoms with E-state index < -0.39 is 0 Å². The highest BCUT2D eigenvalue weighted by molar-refractivity contribution is 4.81. The van der Waals surface area contributed by atoms with Crippen molar-refractivity contribution in [3.05, 3.63) is 0 Å². The minimum atomic E-state index is -0.135. The molecule has 0 aliphatic carbocycles. The molecule has 4 nitrogen and oxygen atoms in total. The predicted molar refractivity (Wildman–Crippen MR) is 77.0 cm³/mol. The Hall–Kier alpha value is -0.160. The number of ether oxygens (including phenoxy) is 1. The van der Waals surface area contributed by atoms with Gasteiger partial charge in [0, 0.05) is 12.1 Å². The number of hydrogen-bond donors (Lipinski definition) is 2. The van der Waals surface area contributed by atoms with E-state index in [9.17, 15) is 5.11 Å². The number of hydrogen-bond acceptors (Lipinski definition) is 4. The fourth-order valence-electron chi connectivity index (χ4n) is 1.95. The van der Waals surface area contributed by atoms with Gasteiger partial charge >= 0.3 is 0 Å². The lowest BCUT2D eigenvalue weighted by Crippen LogP contribution is -2.46. The van der Waals surface area contributed by atoms with Crippen LogP contribution in [0.3, 0.4) is 0 Å². The molecule has 0 rings (SSSR count). The molecule has 0 aliphatic heterocycles. The van der Waals surface area contributed by atoms with Crippen molar-refractivity contribution in [1.82, 2.24) is 10.2 Å². The van der Waals surface area contributed by atoms with Crippen LogP contribution in [0.2, 0.25) is 0 Å². The molecule has 110 valence electrons. The third-order valence-electron chi connectivity index (χ3n) is 3.15. The van der Waals surface area contributed by atoms with Crippen LogP contribution in [0.1, 0.15) is 40.5 Å². The molecule has 0 saturated heterocycles. The van der Waals surface area contributed by atoms with Gasteiger partial charge in [-0.05, 0) is 53.8 Å². The van der Waals surface area contributed by atoms with Gasteiger partial charge in [-0.25, -0.2) is 0 Å². The van der Waals surface area contributed by atoms with Crippen LogP contribution in [0.4, 0.5) is 0 Å². The Morgan fingerprint density at radius 2 is 2.00 bits per heavy atom. The van der Waals surface area contributed by atoms with E-state index in [0.29, 0.717) is 6.10 Å². The molecule has 2 N–H and O–H groups in total. The first-order chi connectivity index (χ1) is 8.43. The Balaban J connectivity index is 3.68. The molecule has 0 radical (unpaired) electrons. The zero-order valence-electron chi connectivity index (χ0n) is 12.8. The first-order valence-electron chi connectivity index (χ1n) is 7.09. The van der Waals surface area contributed by atoms with Gasteiger partial charge in [0.2, 0.25) is 0 Å². The van der Waals surface area contributed by atoms with Gasteiger partial charge in [0.05, 0.1) is 19.3 Å². The van der Waals surface area contributed by atoms with Crippen molar-refractivity contribution in [3.63, 3.8) is 0 Å². The van der Waals surface area contributed by atoms with E-state index in [4.69, 9.17) is 4.74 Å². The van der Waals surface area contributed by atoms with Crippen LogP contribution in [-0.4, -0.2) is 61.5 Å². The van der Waals surface area contributed by atoms with Crippen LogP contribution in [0.15, 0.2) is 0 Å². The Kier molecular flexibility index (Phi) is 9.64. The van der Waals surface area contributed by atoms with E-state index in [1.165, 1.54) is 0 Å².